The number of thiophene rings is 1. The third-order valence-corrected chi connectivity index (χ3v) is 6.11. The summed E-state index contributed by atoms with van der Waals surface area (Å²) in [6, 6.07) is 3.34. The SMILES string of the molecule is CC(=O)c1ccc(C(=O)NCc2nc(N3CCCC3)nc(N3CCOCC3)n2)s1. The fourth-order valence-electron chi connectivity index (χ4n) is 3.33. The lowest BCUT2D eigenvalue weighted by molar-refractivity contribution is 0.0953. The van der Waals surface area contributed by atoms with Gasteiger partial charge in [0.1, 0.15) is 0 Å². The molecule has 0 spiro atoms. The van der Waals surface area contributed by atoms with Gasteiger partial charge in [0.05, 0.1) is 29.5 Å². The van der Waals surface area contributed by atoms with Crippen molar-refractivity contribution in [1.29, 1.82) is 0 Å². The number of carbonyl (C=O) groups is 2. The number of ketones is 1. The monoisotopic (exact) mass is 416 g/mol. The Kier molecular flexibility index (Phi) is 6.00. The Morgan fingerprint density at radius 1 is 1.00 bits per heavy atom. The molecule has 154 valence electrons. The summed E-state index contributed by atoms with van der Waals surface area (Å²) >= 11 is 1.19. The average Bonchev–Trinajstić information content (AvgIpc) is 3.45. The predicted molar refractivity (Wildman–Crippen MR) is 110 cm³/mol. The molecule has 4 rings (SSSR count). The van der Waals surface area contributed by atoms with Crippen molar-refractivity contribution < 1.29 is 14.3 Å². The normalized spacial score (nSPS) is 16.9. The standard InChI is InChI=1S/C19H24N6O3S/c1-13(26)14-4-5-15(29-14)17(27)20-12-16-21-18(24-6-2-3-7-24)23-19(22-16)25-8-10-28-11-9-25/h4-5H,2-3,6-12H2,1H3,(H,20,27). The lowest BCUT2D eigenvalue weighted by Crippen LogP contribution is -2.38. The number of nitrogens with one attached hydrogen (secondary N) is 1. The highest BCUT2D eigenvalue weighted by molar-refractivity contribution is 7.15. The Bertz CT molecular complexity index is 890. The smallest absolute Gasteiger partial charge is 0.261 e. The lowest BCUT2D eigenvalue weighted by Gasteiger charge is -2.28. The summed E-state index contributed by atoms with van der Waals surface area (Å²) in [7, 11) is 0. The van der Waals surface area contributed by atoms with Crippen molar-refractivity contribution in [1.82, 2.24) is 20.3 Å². The number of ether oxygens (including phenoxy) is 1. The van der Waals surface area contributed by atoms with Crippen LogP contribution in [0.1, 0.15) is 44.9 Å². The molecule has 0 aromatic carbocycles. The number of rotatable bonds is 6. The number of hydrogen-bond donors (Lipinski definition) is 1. The molecule has 0 atom stereocenters. The van der Waals surface area contributed by atoms with Crippen LogP contribution in [0.15, 0.2) is 12.1 Å². The van der Waals surface area contributed by atoms with Gasteiger partial charge in [0.15, 0.2) is 11.6 Å². The number of nitrogens with zero attached hydrogens (tertiary/aromatic N) is 5. The van der Waals surface area contributed by atoms with E-state index in [9.17, 15) is 9.59 Å². The topological polar surface area (TPSA) is 101 Å². The molecule has 0 unspecified atom stereocenters. The minimum Gasteiger partial charge on any atom is -0.378 e. The third kappa shape index (κ3) is 4.70. The van der Waals surface area contributed by atoms with Crippen LogP contribution in [-0.2, 0) is 11.3 Å². The molecule has 2 fully saturated rings. The summed E-state index contributed by atoms with van der Waals surface area (Å²) in [5, 5.41) is 2.86. The number of aromatic nitrogens is 3. The Balaban J connectivity index is 1.50. The van der Waals surface area contributed by atoms with Gasteiger partial charge in [-0.3, -0.25) is 9.59 Å². The molecular formula is C19H24N6O3S. The van der Waals surface area contributed by atoms with Gasteiger partial charge in [0.2, 0.25) is 11.9 Å². The maximum atomic E-state index is 12.5. The number of morpholine rings is 1. The predicted octanol–water partition coefficient (Wildman–Crippen LogP) is 1.50. The van der Waals surface area contributed by atoms with E-state index in [0.717, 1.165) is 39.0 Å². The van der Waals surface area contributed by atoms with Gasteiger partial charge < -0.3 is 19.9 Å². The molecule has 2 aromatic heterocycles. The zero-order valence-electron chi connectivity index (χ0n) is 16.4. The summed E-state index contributed by atoms with van der Waals surface area (Å²) in [6.45, 7) is 6.32. The number of anilines is 2. The molecule has 2 saturated heterocycles. The van der Waals surface area contributed by atoms with E-state index >= 15 is 0 Å². The molecule has 9 nitrogen and oxygen atoms in total. The number of amides is 1. The van der Waals surface area contributed by atoms with Crippen molar-refractivity contribution in [2.45, 2.75) is 26.3 Å². The van der Waals surface area contributed by atoms with Gasteiger partial charge in [-0.05, 0) is 31.9 Å². The second kappa shape index (κ2) is 8.83. The molecule has 2 aliphatic heterocycles. The number of hydrogen-bond acceptors (Lipinski definition) is 9. The minimum absolute atomic E-state index is 0.0445. The van der Waals surface area contributed by atoms with E-state index < -0.39 is 0 Å². The zero-order valence-corrected chi connectivity index (χ0v) is 17.2. The minimum atomic E-state index is -0.237. The lowest BCUT2D eigenvalue weighted by atomic mass is 10.3. The molecule has 1 amide bonds. The molecule has 2 aromatic rings. The number of carbonyl (C=O) groups excluding carboxylic acids is 2. The van der Waals surface area contributed by atoms with Gasteiger partial charge in [0.25, 0.3) is 5.91 Å². The molecular weight excluding hydrogens is 392 g/mol. The van der Waals surface area contributed by atoms with Crippen LogP contribution >= 0.6 is 11.3 Å². The maximum absolute atomic E-state index is 12.5. The van der Waals surface area contributed by atoms with Gasteiger partial charge in [-0.15, -0.1) is 11.3 Å². The van der Waals surface area contributed by atoms with Gasteiger partial charge in [0, 0.05) is 26.2 Å². The largest absolute Gasteiger partial charge is 0.378 e. The quantitative estimate of drug-likeness (QED) is 0.707. The molecule has 4 heterocycles. The second-order valence-corrected chi connectivity index (χ2v) is 8.13. The number of Topliss-reactive ketones (excluding diaryl/α,β-unsaturated/α-hetero) is 1. The first-order valence-corrected chi connectivity index (χ1v) is 10.6. The molecule has 0 saturated carbocycles. The van der Waals surface area contributed by atoms with Crippen molar-refractivity contribution in [2.75, 3.05) is 49.2 Å². The average molecular weight is 417 g/mol. The fourth-order valence-corrected chi connectivity index (χ4v) is 4.15. The molecule has 2 aliphatic rings. The van der Waals surface area contributed by atoms with E-state index in [1.54, 1.807) is 12.1 Å². The van der Waals surface area contributed by atoms with E-state index in [1.807, 2.05) is 0 Å². The highest BCUT2D eigenvalue weighted by Gasteiger charge is 2.21. The third-order valence-electron chi connectivity index (χ3n) is 4.92. The van der Waals surface area contributed by atoms with Crippen molar-refractivity contribution in [3.05, 3.63) is 27.7 Å². The Morgan fingerprint density at radius 3 is 2.24 bits per heavy atom. The van der Waals surface area contributed by atoms with Crippen LogP contribution in [0.5, 0.6) is 0 Å². The molecule has 10 heteroatoms. The Labute approximate surface area is 173 Å². The van der Waals surface area contributed by atoms with Crippen LogP contribution < -0.4 is 15.1 Å². The summed E-state index contributed by atoms with van der Waals surface area (Å²) in [5.41, 5.74) is 0. The molecule has 0 radical (unpaired) electrons. The zero-order chi connectivity index (χ0) is 20.2. The van der Waals surface area contributed by atoms with E-state index in [1.165, 1.54) is 18.3 Å². The molecule has 29 heavy (non-hydrogen) atoms. The van der Waals surface area contributed by atoms with Crippen LogP contribution in [0.3, 0.4) is 0 Å². The van der Waals surface area contributed by atoms with Gasteiger partial charge in [-0.2, -0.15) is 15.0 Å². The highest BCUT2D eigenvalue weighted by Crippen LogP contribution is 2.20. The van der Waals surface area contributed by atoms with E-state index in [-0.39, 0.29) is 18.2 Å². The Hall–Kier alpha value is -2.59. The van der Waals surface area contributed by atoms with E-state index in [0.29, 0.717) is 40.7 Å². The first-order valence-electron chi connectivity index (χ1n) is 9.82. The molecule has 0 aliphatic carbocycles. The molecule has 0 bridgehead atoms. The van der Waals surface area contributed by atoms with E-state index in [2.05, 4.69) is 30.1 Å². The van der Waals surface area contributed by atoms with Crippen LogP contribution in [0, 0.1) is 0 Å². The first kappa shape index (κ1) is 19.7. The van der Waals surface area contributed by atoms with Crippen molar-refractivity contribution in [2.24, 2.45) is 0 Å². The van der Waals surface area contributed by atoms with E-state index in [4.69, 9.17) is 4.74 Å². The van der Waals surface area contributed by atoms with Crippen LogP contribution in [0.25, 0.3) is 0 Å². The molecule has 1 N–H and O–H groups in total. The van der Waals surface area contributed by atoms with Gasteiger partial charge in [-0.1, -0.05) is 0 Å². The summed E-state index contributed by atoms with van der Waals surface area (Å²) in [5.74, 6) is 1.54. The van der Waals surface area contributed by atoms with Crippen LogP contribution in [0.2, 0.25) is 0 Å². The fraction of sp³-hybridized carbons (Fsp3) is 0.526. The second-order valence-electron chi connectivity index (χ2n) is 7.05. The van der Waals surface area contributed by atoms with Crippen molar-refractivity contribution in [3.8, 4) is 0 Å². The van der Waals surface area contributed by atoms with Crippen molar-refractivity contribution >= 4 is 34.9 Å². The summed E-state index contributed by atoms with van der Waals surface area (Å²) < 4.78 is 5.43. The summed E-state index contributed by atoms with van der Waals surface area (Å²) in [4.78, 5) is 43.1. The van der Waals surface area contributed by atoms with Crippen LogP contribution in [-0.4, -0.2) is 66.0 Å². The van der Waals surface area contributed by atoms with Gasteiger partial charge >= 0.3 is 0 Å². The maximum Gasteiger partial charge on any atom is 0.261 e. The Morgan fingerprint density at radius 2 is 1.62 bits per heavy atom. The van der Waals surface area contributed by atoms with Gasteiger partial charge in [-0.25, -0.2) is 0 Å². The summed E-state index contributed by atoms with van der Waals surface area (Å²) in [6.07, 6.45) is 2.25. The highest BCUT2D eigenvalue weighted by atomic mass is 32.1. The van der Waals surface area contributed by atoms with Crippen molar-refractivity contribution in [3.63, 3.8) is 0 Å². The van der Waals surface area contributed by atoms with Crippen LogP contribution in [0.4, 0.5) is 11.9 Å². The first-order chi connectivity index (χ1) is 14.1.